The normalized spacial score (nSPS) is 14.9. The lowest BCUT2D eigenvalue weighted by Crippen LogP contribution is -2.34. The van der Waals surface area contributed by atoms with Crippen LogP contribution in [-0.2, 0) is 7.05 Å². The summed E-state index contributed by atoms with van der Waals surface area (Å²) < 4.78 is 7.38. The highest BCUT2D eigenvalue weighted by atomic mass is 16.5. The minimum atomic E-state index is 0.0635. The standard InChI is InChI=1S/C24H26N8O2/c1-31-14-26-24(30-31)16-6-4-7-18(23(16)34-3)28-19-12-20(29-21-8-5-11-27-32(21)2)25-13-17(19)22(33)15-9-10-15/h4-8,11-15,27H,9-10H2,1-3H3,(H2,25,28,29). The van der Waals surface area contributed by atoms with Crippen molar-refractivity contribution < 1.29 is 9.53 Å². The molecule has 0 saturated heterocycles. The van der Waals surface area contributed by atoms with E-state index in [2.05, 4.69) is 31.1 Å². The van der Waals surface area contributed by atoms with Crippen LogP contribution in [0, 0.1) is 5.92 Å². The third kappa shape index (κ3) is 4.29. The molecule has 0 radical (unpaired) electrons. The second-order valence-corrected chi connectivity index (χ2v) is 8.23. The first-order valence-electron chi connectivity index (χ1n) is 11.0. The van der Waals surface area contributed by atoms with Gasteiger partial charge in [0.1, 0.15) is 18.0 Å². The van der Waals surface area contributed by atoms with Gasteiger partial charge < -0.3 is 20.8 Å². The number of hydrogen-bond donors (Lipinski definition) is 3. The summed E-state index contributed by atoms with van der Waals surface area (Å²) in [6.45, 7) is 0. The molecule has 174 valence electrons. The number of pyridine rings is 1. The van der Waals surface area contributed by atoms with Crippen LogP contribution in [0.4, 0.5) is 17.2 Å². The number of rotatable bonds is 8. The van der Waals surface area contributed by atoms with E-state index in [0.717, 1.165) is 24.2 Å². The van der Waals surface area contributed by atoms with E-state index in [1.807, 2.05) is 61.7 Å². The topological polar surface area (TPSA) is 109 Å². The Bertz CT molecular complexity index is 1290. The highest BCUT2D eigenvalue weighted by Crippen LogP contribution is 2.39. The van der Waals surface area contributed by atoms with E-state index in [1.54, 1.807) is 24.3 Å². The molecule has 0 amide bonds. The van der Waals surface area contributed by atoms with Crippen molar-refractivity contribution in [1.29, 1.82) is 0 Å². The van der Waals surface area contributed by atoms with Crippen molar-refractivity contribution in [3.8, 4) is 17.1 Å². The van der Waals surface area contributed by atoms with Crippen LogP contribution in [0.3, 0.4) is 0 Å². The molecular formula is C24H26N8O2. The van der Waals surface area contributed by atoms with Crippen LogP contribution >= 0.6 is 0 Å². The molecule has 0 bridgehead atoms. The first kappa shape index (κ1) is 21.5. The maximum absolute atomic E-state index is 13.0. The lowest BCUT2D eigenvalue weighted by atomic mass is 10.1. The van der Waals surface area contributed by atoms with Gasteiger partial charge in [-0.25, -0.2) is 9.97 Å². The van der Waals surface area contributed by atoms with Crippen LogP contribution in [-0.4, -0.2) is 44.7 Å². The lowest BCUT2D eigenvalue weighted by Gasteiger charge is -2.25. The number of allylic oxidation sites excluding steroid dienone is 2. The number of nitrogens with one attached hydrogen (secondary N) is 3. The Morgan fingerprint density at radius 2 is 2.03 bits per heavy atom. The van der Waals surface area contributed by atoms with Crippen LogP contribution in [0.15, 0.2) is 61.0 Å². The summed E-state index contributed by atoms with van der Waals surface area (Å²) in [5, 5.41) is 12.9. The Labute approximate surface area is 197 Å². The average Bonchev–Trinajstić information content (AvgIpc) is 3.60. The Morgan fingerprint density at radius 3 is 2.74 bits per heavy atom. The number of nitrogens with zero attached hydrogens (tertiary/aromatic N) is 5. The molecule has 1 saturated carbocycles. The molecule has 3 aromatic rings. The molecule has 3 N–H and O–H groups in total. The Morgan fingerprint density at radius 1 is 1.18 bits per heavy atom. The van der Waals surface area contributed by atoms with Crippen molar-refractivity contribution in [1.82, 2.24) is 30.2 Å². The molecule has 1 aliphatic heterocycles. The smallest absolute Gasteiger partial charge is 0.184 e. The number of aryl methyl sites for hydroxylation is 1. The highest BCUT2D eigenvalue weighted by molar-refractivity contribution is 6.04. The fourth-order valence-electron chi connectivity index (χ4n) is 3.76. The molecule has 1 aromatic carbocycles. The Kier molecular flexibility index (Phi) is 5.62. The maximum Gasteiger partial charge on any atom is 0.184 e. The molecule has 5 rings (SSSR count). The largest absolute Gasteiger partial charge is 0.494 e. The van der Waals surface area contributed by atoms with Crippen LogP contribution in [0.1, 0.15) is 23.2 Å². The Balaban J connectivity index is 1.52. The first-order valence-corrected chi connectivity index (χ1v) is 11.0. The van der Waals surface area contributed by atoms with Gasteiger partial charge >= 0.3 is 0 Å². The van der Waals surface area contributed by atoms with Crippen molar-refractivity contribution in [3.63, 3.8) is 0 Å². The number of carbonyl (C=O) groups is 1. The first-order chi connectivity index (χ1) is 16.5. The summed E-state index contributed by atoms with van der Waals surface area (Å²) in [7, 11) is 5.32. The minimum absolute atomic E-state index is 0.0635. The molecule has 0 spiro atoms. The summed E-state index contributed by atoms with van der Waals surface area (Å²) in [6, 6.07) is 7.55. The van der Waals surface area contributed by atoms with Crippen molar-refractivity contribution in [2.24, 2.45) is 13.0 Å². The highest BCUT2D eigenvalue weighted by Gasteiger charge is 2.32. The fourth-order valence-corrected chi connectivity index (χ4v) is 3.76. The summed E-state index contributed by atoms with van der Waals surface area (Å²) in [4.78, 5) is 21.9. The number of hydrogen-bond acceptors (Lipinski definition) is 9. The van der Waals surface area contributed by atoms with E-state index >= 15 is 0 Å². The molecule has 2 aliphatic rings. The molecule has 0 atom stereocenters. The molecular weight excluding hydrogens is 432 g/mol. The number of aromatic nitrogens is 4. The summed E-state index contributed by atoms with van der Waals surface area (Å²) in [5.74, 6) is 2.74. The van der Waals surface area contributed by atoms with Gasteiger partial charge in [-0.05, 0) is 37.1 Å². The van der Waals surface area contributed by atoms with Crippen molar-refractivity contribution in [2.45, 2.75) is 12.8 Å². The average molecular weight is 459 g/mol. The second kappa shape index (κ2) is 8.89. The van der Waals surface area contributed by atoms with E-state index in [1.165, 1.54) is 0 Å². The molecule has 1 aliphatic carbocycles. The second-order valence-electron chi connectivity index (χ2n) is 8.23. The van der Waals surface area contributed by atoms with Crippen molar-refractivity contribution in [3.05, 3.63) is 66.5 Å². The molecule has 2 aromatic heterocycles. The van der Waals surface area contributed by atoms with Crippen LogP contribution in [0.2, 0.25) is 0 Å². The van der Waals surface area contributed by atoms with E-state index in [9.17, 15) is 4.79 Å². The predicted octanol–water partition coefficient (Wildman–Crippen LogP) is 3.44. The summed E-state index contributed by atoms with van der Waals surface area (Å²) >= 11 is 0. The summed E-state index contributed by atoms with van der Waals surface area (Å²) in [5.41, 5.74) is 5.76. The van der Waals surface area contributed by atoms with Gasteiger partial charge in [0, 0.05) is 38.5 Å². The number of benzene rings is 1. The number of carbonyl (C=O) groups excluding carboxylic acids is 1. The van der Waals surface area contributed by atoms with Crippen molar-refractivity contribution >= 4 is 23.0 Å². The molecule has 34 heavy (non-hydrogen) atoms. The van der Waals surface area contributed by atoms with Gasteiger partial charge in [0.25, 0.3) is 0 Å². The molecule has 0 unspecified atom stereocenters. The predicted molar refractivity (Wildman–Crippen MR) is 129 cm³/mol. The van der Waals surface area contributed by atoms with E-state index in [0.29, 0.717) is 34.3 Å². The zero-order valence-electron chi connectivity index (χ0n) is 19.2. The number of methoxy groups -OCH3 is 1. The lowest BCUT2D eigenvalue weighted by molar-refractivity contribution is 0.0968. The van der Waals surface area contributed by atoms with Gasteiger partial charge in [0.15, 0.2) is 17.4 Å². The van der Waals surface area contributed by atoms with Gasteiger partial charge in [0.2, 0.25) is 0 Å². The van der Waals surface area contributed by atoms with Crippen LogP contribution in [0.25, 0.3) is 11.4 Å². The monoisotopic (exact) mass is 458 g/mol. The Hall–Kier alpha value is -4.34. The summed E-state index contributed by atoms with van der Waals surface area (Å²) in [6.07, 6.45) is 10.8. The van der Waals surface area contributed by atoms with Crippen LogP contribution < -0.4 is 20.8 Å². The van der Waals surface area contributed by atoms with E-state index in [-0.39, 0.29) is 11.7 Å². The van der Waals surface area contributed by atoms with Crippen molar-refractivity contribution in [2.75, 3.05) is 24.8 Å². The quantitative estimate of drug-likeness (QED) is 0.437. The van der Waals surface area contributed by atoms with Crippen LogP contribution in [0.5, 0.6) is 5.75 Å². The van der Waals surface area contributed by atoms with Gasteiger partial charge in [-0.2, -0.15) is 5.10 Å². The number of ether oxygens (including phenoxy) is 1. The molecule has 1 fully saturated rings. The third-order valence-corrected chi connectivity index (χ3v) is 5.68. The zero-order valence-corrected chi connectivity index (χ0v) is 19.2. The number of anilines is 3. The fraction of sp³-hybridized carbons (Fsp3) is 0.250. The van der Waals surface area contributed by atoms with Gasteiger partial charge in [-0.1, -0.05) is 6.07 Å². The number of para-hydroxylation sites is 1. The van der Waals surface area contributed by atoms with E-state index in [4.69, 9.17) is 4.74 Å². The SMILES string of the molecule is COc1c(Nc2cc(NC3=CC=CNN3C)ncc2C(=O)C2CC2)cccc1-c1ncn(C)n1. The molecule has 10 nitrogen and oxygen atoms in total. The number of ketones is 1. The van der Waals surface area contributed by atoms with E-state index < -0.39 is 0 Å². The van der Waals surface area contributed by atoms with Gasteiger partial charge in [-0.3, -0.25) is 14.5 Å². The molecule has 10 heteroatoms. The minimum Gasteiger partial charge on any atom is -0.494 e. The number of Topliss-reactive ketones (excluding diaryl/α,β-unsaturated/α-hetero) is 1. The van der Waals surface area contributed by atoms with Gasteiger partial charge in [0.05, 0.1) is 29.6 Å². The number of hydrazine groups is 1. The third-order valence-electron chi connectivity index (χ3n) is 5.68. The zero-order chi connectivity index (χ0) is 23.7. The maximum atomic E-state index is 13.0. The van der Waals surface area contributed by atoms with Gasteiger partial charge in [-0.15, -0.1) is 0 Å². The molecule has 3 heterocycles.